The number of nitrogens with zero attached hydrogens (tertiary/aromatic N) is 1. The van der Waals surface area contributed by atoms with E-state index in [4.69, 9.17) is 5.73 Å². The van der Waals surface area contributed by atoms with Crippen molar-refractivity contribution < 1.29 is 9.59 Å². The van der Waals surface area contributed by atoms with E-state index in [1.807, 2.05) is 4.90 Å². The van der Waals surface area contributed by atoms with Crippen LogP contribution in [0.5, 0.6) is 0 Å². The van der Waals surface area contributed by atoms with Gasteiger partial charge in [-0.3, -0.25) is 5.32 Å². The predicted octanol–water partition coefficient (Wildman–Crippen LogP) is 2.74. The van der Waals surface area contributed by atoms with Crippen molar-refractivity contribution in [1.82, 2.24) is 10.2 Å². The number of primary amides is 1. The lowest BCUT2D eigenvalue weighted by atomic mass is 9.89. The van der Waals surface area contributed by atoms with Gasteiger partial charge in [0.15, 0.2) is 0 Å². The average molecular weight is 267 g/mol. The molecule has 0 atom stereocenters. The van der Waals surface area contributed by atoms with Crippen molar-refractivity contribution in [3.63, 3.8) is 0 Å². The van der Waals surface area contributed by atoms with Crippen molar-refractivity contribution in [3.05, 3.63) is 0 Å². The Hall–Kier alpha value is -1.26. The SMILES string of the molecule is NC(=O)NC(=O)N(C1CCCCC1)C1CCCCC1. The number of imide groups is 1. The van der Waals surface area contributed by atoms with Crippen LogP contribution in [0.3, 0.4) is 0 Å². The molecule has 0 radical (unpaired) electrons. The molecule has 2 fully saturated rings. The van der Waals surface area contributed by atoms with Crippen LogP contribution in [0, 0.1) is 0 Å². The molecular formula is C14H25N3O2. The fourth-order valence-corrected chi connectivity index (χ4v) is 3.52. The Bertz CT molecular complexity index is 303. The zero-order valence-corrected chi connectivity index (χ0v) is 11.6. The second kappa shape index (κ2) is 6.78. The molecule has 0 aliphatic heterocycles. The molecule has 2 saturated carbocycles. The van der Waals surface area contributed by atoms with Gasteiger partial charge in [-0.25, -0.2) is 9.59 Å². The van der Waals surface area contributed by atoms with Crippen molar-refractivity contribution in [3.8, 4) is 0 Å². The Kier molecular flexibility index (Phi) is 5.05. The van der Waals surface area contributed by atoms with Gasteiger partial charge in [0, 0.05) is 12.1 Å². The fraction of sp³-hybridized carbons (Fsp3) is 0.857. The normalized spacial score (nSPS) is 21.9. The quantitative estimate of drug-likeness (QED) is 0.807. The topological polar surface area (TPSA) is 75.4 Å². The van der Waals surface area contributed by atoms with Crippen LogP contribution in [0.4, 0.5) is 9.59 Å². The standard InChI is InChI=1S/C14H25N3O2/c15-13(18)16-14(19)17(11-7-3-1-4-8-11)12-9-5-2-6-10-12/h11-12H,1-10H2,(H3,15,16,18,19). The van der Waals surface area contributed by atoms with E-state index in [2.05, 4.69) is 5.32 Å². The molecule has 19 heavy (non-hydrogen) atoms. The summed E-state index contributed by atoms with van der Waals surface area (Å²) in [7, 11) is 0. The zero-order valence-electron chi connectivity index (χ0n) is 11.6. The van der Waals surface area contributed by atoms with Gasteiger partial charge < -0.3 is 10.6 Å². The maximum absolute atomic E-state index is 12.3. The molecule has 2 aliphatic carbocycles. The van der Waals surface area contributed by atoms with Crippen LogP contribution in [-0.2, 0) is 0 Å². The van der Waals surface area contributed by atoms with Gasteiger partial charge in [-0.2, -0.15) is 0 Å². The minimum atomic E-state index is -0.749. The Morgan fingerprint density at radius 3 is 1.63 bits per heavy atom. The highest BCUT2D eigenvalue weighted by atomic mass is 16.2. The summed E-state index contributed by atoms with van der Waals surface area (Å²) >= 11 is 0. The van der Waals surface area contributed by atoms with Crippen molar-refractivity contribution in [1.29, 1.82) is 0 Å². The summed E-state index contributed by atoms with van der Waals surface area (Å²) in [6, 6.07) is -0.458. The molecular weight excluding hydrogens is 242 g/mol. The second-order valence-corrected chi connectivity index (χ2v) is 5.79. The van der Waals surface area contributed by atoms with Gasteiger partial charge >= 0.3 is 12.1 Å². The summed E-state index contributed by atoms with van der Waals surface area (Å²) in [6.07, 6.45) is 11.5. The molecule has 4 amide bonds. The van der Waals surface area contributed by atoms with Crippen LogP contribution in [0.2, 0.25) is 0 Å². The van der Waals surface area contributed by atoms with Crippen LogP contribution < -0.4 is 11.1 Å². The van der Waals surface area contributed by atoms with Gasteiger partial charge in [-0.05, 0) is 25.7 Å². The molecule has 0 unspecified atom stereocenters. The monoisotopic (exact) mass is 267 g/mol. The zero-order chi connectivity index (χ0) is 13.7. The van der Waals surface area contributed by atoms with Crippen LogP contribution in [-0.4, -0.2) is 29.0 Å². The van der Waals surface area contributed by atoms with Crippen molar-refractivity contribution >= 4 is 12.1 Å². The first-order valence-corrected chi connectivity index (χ1v) is 7.57. The summed E-state index contributed by atoms with van der Waals surface area (Å²) in [6.45, 7) is 0. The van der Waals surface area contributed by atoms with E-state index in [1.54, 1.807) is 0 Å². The van der Waals surface area contributed by atoms with Gasteiger partial charge in [0.25, 0.3) is 0 Å². The Morgan fingerprint density at radius 2 is 1.26 bits per heavy atom. The number of hydrogen-bond acceptors (Lipinski definition) is 2. The average Bonchev–Trinajstić information content (AvgIpc) is 2.40. The van der Waals surface area contributed by atoms with E-state index in [1.165, 1.54) is 38.5 Å². The third-order valence-corrected chi connectivity index (χ3v) is 4.40. The molecule has 0 aromatic carbocycles. The van der Waals surface area contributed by atoms with Gasteiger partial charge in [0.2, 0.25) is 0 Å². The third-order valence-electron chi connectivity index (χ3n) is 4.40. The number of carbonyl (C=O) groups excluding carboxylic acids is 2. The maximum atomic E-state index is 12.3. The minimum absolute atomic E-state index is 0.286. The Labute approximate surface area is 114 Å². The molecule has 2 aliphatic rings. The highest BCUT2D eigenvalue weighted by Gasteiger charge is 2.32. The second-order valence-electron chi connectivity index (χ2n) is 5.79. The number of urea groups is 2. The molecule has 108 valence electrons. The number of nitrogens with two attached hydrogens (primary N) is 1. The van der Waals surface area contributed by atoms with E-state index in [0.717, 1.165) is 25.7 Å². The van der Waals surface area contributed by atoms with Gasteiger partial charge in [0.05, 0.1) is 0 Å². The summed E-state index contributed by atoms with van der Waals surface area (Å²) < 4.78 is 0. The number of carbonyl (C=O) groups is 2. The number of nitrogens with one attached hydrogen (secondary N) is 1. The van der Waals surface area contributed by atoms with E-state index >= 15 is 0 Å². The summed E-state index contributed by atoms with van der Waals surface area (Å²) in [5.41, 5.74) is 5.09. The summed E-state index contributed by atoms with van der Waals surface area (Å²) in [5.74, 6) is 0. The number of hydrogen-bond donors (Lipinski definition) is 2. The molecule has 3 N–H and O–H groups in total. The van der Waals surface area contributed by atoms with Crippen LogP contribution in [0.15, 0.2) is 0 Å². The lowest BCUT2D eigenvalue weighted by Gasteiger charge is -2.41. The first-order valence-electron chi connectivity index (χ1n) is 7.57. The van der Waals surface area contributed by atoms with Crippen LogP contribution in [0.1, 0.15) is 64.2 Å². The van der Waals surface area contributed by atoms with Gasteiger partial charge in [-0.1, -0.05) is 38.5 Å². The lowest BCUT2D eigenvalue weighted by Crippen LogP contribution is -2.54. The molecule has 0 spiro atoms. The predicted molar refractivity (Wildman–Crippen MR) is 73.7 cm³/mol. The molecule has 0 bridgehead atoms. The summed E-state index contributed by atoms with van der Waals surface area (Å²) in [5, 5.41) is 2.26. The molecule has 0 aromatic heterocycles. The number of amides is 4. The van der Waals surface area contributed by atoms with Crippen molar-refractivity contribution in [2.45, 2.75) is 76.3 Å². The molecule has 0 aromatic rings. The maximum Gasteiger partial charge on any atom is 0.325 e. The molecule has 5 nitrogen and oxygen atoms in total. The van der Waals surface area contributed by atoms with E-state index in [0.29, 0.717) is 0 Å². The van der Waals surface area contributed by atoms with Crippen molar-refractivity contribution in [2.75, 3.05) is 0 Å². The molecule has 2 rings (SSSR count). The largest absolute Gasteiger partial charge is 0.351 e. The number of rotatable bonds is 2. The van der Waals surface area contributed by atoms with Crippen molar-refractivity contribution in [2.24, 2.45) is 5.73 Å². The lowest BCUT2D eigenvalue weighted by molar-refractivity contribution is 0.106. The first kappa shape index (κ1) is 14.2. The third kappa shape index (κ3) is 3.85. The van der Waals surface area contributed by atoms with Gasteiger partial charge in [0.1, 0.15) is 0 Å². The first-order chi connectivity index (χ1) is 9.18. The fourth-order valence-electron chi connectivity index (χ4n) is 3.52. The van der Waals surface area contributed by atoms with E-state index < -0.39 is 6.03 Å². The highest BCUT2D eigenvalue weighted by Crippen LogP contribution is 2.30. The highest BCUT2D eigenvalue weighted by molar-refractivity contribution is 5.92. The molecule has 0 saturated heterocycles. The van der Waals surface area contributed by atoms with Crippen LogP contribution in [0.25, 0.3) is 0 Å². The Balaban J connectivity index is 2.06. The van der Waals surface area contributed by atoms with Crippen LogP contribution >= 0.6 is 0 Å². The van der Waals surface area contributed by atoms with E-state index in [9.17, 15) is 9.59 Å². The van der Waals surface area contributed by atoms with Gasteiger partial charge in [-0.15, -0.1) is 0 Å². The summed E-state index contributed by atoms with van der Waals surface area (Å²) in [4.78, 5) is 25.1. The molecule has 5 heteroatoms. The molecule has 0 heterocycles. The minimum Gasteiger partial charge on any atom is -0.351 e. The Morgan fingerprint density at radius 1 is 0.842 bits per heavy atom. The van der Waals surface area contributed by atoms with E-state index in [-0.39, 0.29) is 18.1 Å². The smallest absolute Gasteiger partial charge is 0.325 e.